The van der Waals surface area contributed by atoms with E-state index < -0.39 is 24.1 Å². The van der Waals surface area contributed by atoms with Crippen LogP contribution in [-0.2, 0) is 18.9 Å². The fraction of sp³-hybridized carbons (Fsp3) is 0.393. The number of nitrogens with zero attached hydrogens (tertiary/aromatic N) is 6. The monoisotopic (exact) mass is 546 g/mol. The first-order valence-corrected chi connectivity index (χ1v) is 12.9. The Morgan fingerprint density at radius 2 is 1.95 bits per heavy atom. The highest BCUT2D eigenvalue weighted by Gasteiger charge is 2.56. The highest BCUT2D eigenvalue weighted by atomic mass is 16.8. The van der Waals surface area contributed by atoms with Gasteiger partial charge in [-0.25, -0.2) is 24.7 Å². The van der Waals surface area contributed by atoms with E-state index in [-0.39, 0.29) is 24.5 Å². The van der Waals surface area contributed by atoms with Crippen molar-refractivity contribution in [3.63, 3.8) is 0 Å². The highest BCUT2D eigenvalue weighted by Crippen LogP contribution is 2.44. The van der Waals surface area contributed by atoms with E-state index in [4.69, 9.17) is 23.7 Å². The van der Waals surface area contributed by atoms with Crippen LogP contribution in [0.25, 0.3) is 21.9 Å². The normalized spacial score (nSPS) is 23.6. The molecule has 4 aromatic rings. The highest BCUT2D eigenvalue weighted by molar-refractivity contribution is 5.91. The zero-order valence-electron chi connectivity index (χ0n) is 22.8. The molecule has 208 valence electrons. The van der Waals surface area contributed by atoms with Crippen molar-refractivity contribution >= 4 is 40.1 Å². The number of esters is 1. The molecule has 0 radical (unpaired) electrons. The quantitative estimate of drug-likeness (QED) is 0.193. The van der Waals surface area contributed by atoms with Gasteiger partial charge in [-0.1, -0.05) is 6.07 Å². The summed E-state index contributed by atoms with van der Waals surface area (Å²) in [5, 5.41) is 1.68. The maximum Gasteiger partial charge on any atom is 0.356 e. The SMILES string of the molecule is COC(=O)c1ccc2ccc(OC[C@H]3OC(n4ccc5c(/N=C/N(C)C)ncnc54)[C@@H]4OC(C)(C)O[C@H]34)cc2n1. The van der Waals surface area contributed by atoms with Crippen LogP contribution in [0.1, 0.15) is 30.6 Å². The zero-order chi connectivity index (χ0) is 28.0. The number of aliphatic imine (C=N–C) groups is 1. The number of carbonyl (C=O) groups excluding carboxylic acids is 1. The number of hydrogen-bond donors (Lipinski definition) is 0. The van der Waals surface area contributed by atoms with Gasteiger partial charge in [-0.3, -0.25) is 0 Å². The van der Waals surface area contributed by atoms with Crippen LogP contribution in [0.4, 0.5) is 5.82 Å². The molecule has 2 saturated heterocycles. The number of methoxy groups -OCH3 is 1. The van der Waals surface area contributed by atoms with Gasteiger partial charge in [0, 0.05) is 31.7 Å². The molecule has 6 rings (SSSR count). The van der Waals surface area contributed by atoms with Gasteiger partial charge in [0.25, 0.3) is 0 Å². The lowest BCUT2D eigenvalue weighted by atomic mass is 10.1. The molecule has 0 aliphatic carbocycles. The Morgan fingerprint density at radius 3 is 2.75 bits per heavy atom. The Labute approximate surface area is 230 Å². The first-order chi connectivity index (χ1) is 19.2. The minimum Gasteiger partial charge on any atom is -0.491 e. The van der Waals surface area contributed by atoms with Gasteiger partial charge in [-0.15, -0.1) is 0 Å². The first-order valence-electron chi connectivity index (χ1n) is 12.9. The molecule has 5 heterocycles. The van der Waals surface area contributed by atoms with E-state index in [1.54, 1.807) is 18.5 Å². The molecule has 0 amide bonds. The van der Waals surface area contributed by atoms with Gasteiger partial charge < -0.3 is 33.2 Å². The zero-order valence-corrected chi connectivity index (χ0v) is 22.8. The average Bonchev–Trinajstić information content (AvgIpc) is 3.60. The number of aromatic nitrogens is 4. The summed E-state index contributed by atoms with van der Waals surface area (Å²) in [7, 11) is 5.12. The molecular formula is C28H30N6O6. The van der Waals surface area contributed by atoms with Gasteiger partial charge in [0.15, 0.2) is 17.8 Å². The smallest absolute Gasteiger partial charge is 0.356 e. The number of ether oxygens (including phenoxy) is 5. The number of fused-ring (bicyclic) bond motifs is 3. The fourth-order valence-corrected chi connectivity index (χ4v) is 5.04. The summed E-state index contributed by atoms with van der Waals surface area (Å²) in [6.07, 6.45) is 3.42. The summed E-state index contributed by atoms with van der Waals surface area (Å²) >= 11 is 0. The van der Waals surface area contributed by atoms with Gasteiger partial charge in [-0.05, 0) is 38.1 Å². The topological polar surface area (TPSA) is 122 Å². The van der Waals surface area contributed by atoms with Crippen molar-refractivity contribution in [3.8, 4) is 5.75 Å². The molecule has 0 N–H and O–H groups in total. The molecule has 2 aliphatic rings. The maximum atomic E-state index is 11.9. The summed E-state index contributed by atoms with van der Waals surface area (Å²) < 4.78 is 31.9. The van der Waals surface area contributed by atoms with Crippen molar-refractivity contribution in [2.24, 2.45) is 4.99 Å². The van der Waals surface area contributed by atoms with Crippen molar-refractivity contribution in [2.45, 2.75) is 44.2 Å². The third-order valence-electron chi connectivity index (χ3n) is 6.77. The Kier molecular flexibility index (Phi) is 6.61. The largest absolute Gasteiger partial charge is 0.491 e. The van der Waals surface area contributed by atoms with Crippen molar-refractivity contribution in [1.29, 1.82) is 0 Å². The van der Waals surface area contributed by atoms with Crippen LogP contribution in [0.2, 0.25) is 0 Å². The molecule has 2 fully saturated rings. The van der Waals surface area contributed by atoms with E-state index in [9.17, 15) is 4.79 Å². The van der Waals surface area contributed by atoms with Crippen LogP contribution >= 0.6 is 0 Å². The molecule has 3 aromatic heterocycles. The molecular weight excluding hydrogens is 516 g/mol. The van der Waals surface area contributed by atoms with Gasteiger partial charge in [0.2, 0.25) is 0 Å². The molecule has 40 heavy (non-hydrogen) atoms. The first kappa shape index (κ1) is 26.1. The van der Waals surface area contributed by atoms with Crippen molar-refractivity contribution in [2.75, 3.05) is 27.8 Å². The lowest BCUT2D eigenvalue weighted by Crippen LogP contribution is -2.33. The van der Waals surface area contributed by atoms with Crippen molar-refractivity contribution in [1.82, 2.24) is 24.4 Å². The third kappa shape index (κ3) is 4.85. The van der Waals surface area contributed by atoms with Gasteiger partial charge >= 0.3 is 5.97 Å². The number of pyridine rings is 1. The van der Waals surface area contributed by atoms with E-state index >= 15 is 0 Å². The molecule has 12 nitrogen and oxygen atoms in total. The van der Waals surface area contributed by atoms with Crippen LogP contribution in [0, 0.1) is 0 Å². The summed E-state index contributed by atoms with van der Waals surface area (Å²) in [5.74, 6) is -0.126. The van der Waals surface area contributed by atoms with Gasteiger partial charge in [-0.2, -0.15) is 0 Å². The minimum absolute atomic E-state index is 0.214. The van der Waals surface area contributed by atoms with Crippen LogP contribution in [0.3, 0.4) is 0 Å². The van der Waals surface area contributed by atoms with Crippen LogP contribution in [0.5, 0.6) is 5.75 Å². The van der Waals surface area contributed by atoms with Gasteiger partial charge in [0.1, 0.15) is 48.3 Å². The number of carbonyl (C=O) groups is 1. The number of benzene rings is 1. The average molecular weight is 547 g/mol. The van der Waals surface area contributed by atoms with Crippen LogP contribution in [-0.4, -0.2) is 88.6 Å². The molecule has 2 aliphatic heterocycles. The van der Waals surface area contributed by atoms with Crippen LogP contribution in [0.15, 0.2) is 53.9 Å². The second-order valence-corrected chi connectivity index (χ2v) is 10.3. The lowest BCUT2D eigenvalue weighted by Gasteiger charge is -2.25. The summed E-state index contributed by atoms with van der Waals surface area (Å²) in [5.41, 5.74) is 1.53. The third-order valence-corrected chi connectivity index (χ3v) is 6.77. The van der Waals surface area contributed by atoms with Crippen molar-refractivity contribution < 1.29 is 28.5 Å². The Bertz CT molecular complexity index is 1600. The van der Waals surface area contributed by atoms with E-state index in [2.05, 4.69) is 19.9 Å². The van der Waals surface area contributed by atoms with E-state index in [1.165, 1.54) is 13.4 Å². The molecule has 0 saturated carbocycles. The summed E-state index contributed by atoms with van der Waals surface area (Å²) in [6, 6.07) is 10.9. The Hall–Kier alpha value is -4.13. The molecule has 1 unspecified atom stereocenters. The predicted octanol–water partition coefficient (Wildman–Crippen LogP) is 3.48. The Balaban J connectivity index is 1.25. The standard InChI is InChI=1S/C28H30N6O6/c1-28(2)39-22-21(13-37-17-8-6-16-7-9-19(27(35)36-5)32-20(16)12-17)38-26(23(22)40-28)34-11-10-18-24(31-15-33(3)4)29-14-30-25(18)34/h6-12,14-15,21-23,26H,13H2,1-5H3/b31-15+/t21-,22-,23-,26?/m1/s1. The number of hydrogen-bond acceptors (Lipinski definition) is 10. The molecule has 1 aromatic carbocycles. The van der Waals surface area contributed by atoms with Crippen molar-refractivity contribution in [3.05, 3.63) is 54.6 Å². The van der Waals surface area contributed by atoms with E-state index in [0.29, 0.717) is 22.7 Å². The Morgan fingerprint density at radius 1 is 1.15 bits per heavy atom. The number of rotatable bonds is 7. The summed E-state index contributed by atoms with van der Waals surface area (Å²) in [4.78, 5) is 31.5. The fourth-order valence-electron chi connectivity index (χ4n) is 5.04. The molecule has 4 atom stereocenters. The second-order valence-electron chi connectivity index (χ2n) is 10.3. The van der Waals surface area contributed by atoms with Gasteiger partial charge in [0.05, 0.1) is 24.4 Å². The molecule has 0 spiro atoms. The summed E-state index contributed by atoms with van der Waals surface area (Å²) in [6.45, 7) is 3.99. The lowest BCUT2D eigenvalue weighted by molar-refractivity contribution is -0.198. The van der Waals surface area contributed by atoms with Crippen LogP contribution < -0.4 is 4.74 Å². The minimum atomic E-state index is -0.786. The maximum absolute atomic E-state index is 11.9. The predicted molar refractivity (Wildman–Crippen MR) is 146 cm³/mol. The molecule has 12 heteroatoms. The van der Waals surface area contributed by atoms with E-state index in [0.717, 1.165) is 10.8 Å². The molecule has 0 bridgehead atoms. The second kappa shape index (κ2) is 10.1. The van der Waals surface area contributed by atoms with E-state index in [1.807, 2.05) is 67.9 Å².